The minimum Gasteiger partial charge on any atom is -0.399 e. The molecule has 0 aliphatic carbocycles. The number of rotatable bonds is 2. The summed E-state index contributed by atoms with van der Waals surface area (Å²) < 4.78 is 8.57. The molecule has 0 amide bonds. The number of aromatic nitrogens is 2. The van der Waals surface area contributed by atoms with Crippen LogP contribution in [0.25, 0.3) is 23.2 Å². The SMILES string of the molecule is C#Cc1ccc(/C=C/c2ccc(N)cc2)c2nsnc12. The maximum Gasteiger partial charge on any atom is 0.121 e. The topological polar surface area (TPSA) is 51.8 Å². The van der Waals surface area contributed by atoms with Crippen LogP contribution in [-0.4, -0.2) is 8.75 Å². The van der Waals surface area contributed by atoms with Gasteiger partial charge in [0.2, 0.25) is 0 Å². The Balaban J connectivity index is 2.01. The van der Waals surface area contributed by atoms with Gasteiger partial charge in [-0.25, -0.2) is 0 Å². The van der Waals surface area contributed by atoms with E-state index in [1.54, 1.807) is 0 Å². The average molecular weight is 277 g/mol. The lowest BCUT2D eigenvalue weighted by Crippen LogP contribution is -1.84. The Bertz CT molecular complexity index is 823. The maximum absolute atomic E-state index is 5.67. The van der Waals surface area contributed by atoms with Gasteiger partial charge in [0, 0.05) is 11.3 Å². The van der Waals surface area contributed by atoms with Gasteiger partial charge >= 0.3 is 0 Å². The molecule has 0 bridgehead atoms. The van der Waals surface area contributed by atoms with Crippen LogP contribution in [0.4, 0.5) is 5.69 Å². The predicted octanol–water partition coefficient (Wildman–Crippen LogP) is 3.43. The zero-order chi connectivity index (χ0) is 13.9. The Kier molecular flexibility index (Phi) is 3.20. The van der Waals surface area contributed by atoms with Gasteiger partial charge in [-0.05, 0) is 23.8 Å². The molecule has 3 rings (SSSR count). The first kappa shape index (κ1) is 12.4. The third-order valence-electron chi connectivity index (χ3n) is 2.99. The highest BCUT2D eigenvalue weighted by Gasteiger charge is 2.06. The standard InChI is InChI=1S/C16H11N3S/c1-2-12-7-8-13(16-15(12)18-20-19-16)6-3-11-4-9-14(17)10-5-11/h1,3-10H,17H2/b6-3+. The van der Waals surface area contributed by atoms with Gasteiger partial charge in [-0.3, -0.25) is 0 Å². The summed E-state index contributed by atoms with van der Waals surface area (Å²) in [5.74, 6) is 2.63. The molecular formula is C16H11N3S. The highest BCUT2D eigenvalue weighted by Crippen LogP contribution is 2.22. The molecule has 20 heavy (non-hydrogen) atoms. The van der Waals surface area contributed by atoms with Crippen LogP contribution in [0.1, 0.15) is 16.7 Å². The normalized spacial score (nSPS) is 10.9. The number of anilines is 1. The number of nitrogens with zero attached hydrogens (tertiary/aromatic N) is 2. The van der Waals surface area contributed by atoms with Crippen molar-refractivity contribution in [3.63, 3.8) is 0 Å². The summed E-state index contributed by atoms with van der Waals surface area (Å²) in [6.07, 6.45) is 9.49. The van der Waals surface area contributed by atoms with Gasteiger partial charge in [-0.2, -0.15) is 8.75 Å². The van der Waals surface area contributed by atoms with E-state index in [1.165, 1.54) is 11.7 Å². The van der Waals surface area contributed by atoms with Crippen molar-refractivity contribution in [2.45, 2.75) is 0 Å². The van der Waals surface area contributed by atoms with Crippen LogP contribution in [-0.2, 0) is 0 Å². The summed E-state index contributed by atoms with van der Waals surface area (Å²) in [5.41, 5.74) is 10.9. The van der Waals surface area contributed by atoms with Gasteiger partial charge in [-0.15, -0.1) is 6.42 Å². The number of hydrogen-bond acceptors (Lipinski definition) is 4. The molecule has 0 aliphatic rings. The highest BCUT2D eigenvalue weighted by molar-refractivity contribution is 7.00. The van der Waals surface area contributed by atoms with Gasteiger partial charge in [0.25, 0.3) is 0 Å². The van der Waals surface area contributed by atoms with E-state index in [2.05, 4.69) is 14.7 Å². The van der Waals surface area contributed by atoms with Gasteiger partial charge < -0.3 is 5.73 Å². The molecule has 0 atom stereocenters. The minimum atomic E-state index is 0.756. The summed E-state index contributed by atoms with van der Waals surface area (Å²) in [7, 11) is 0. The molecule has 0 fully saturated rings. The quantitative estimate of drug-likeness (QED) is 0.443. The van der Waals surface area contributed by atoms with E-state index in [0.29, 0.717) is 0 Å². The molecule has 2 aromatic carbocycles. The van der Waals surface area contributed by atoms with Crippen molar-refractivity contribution < 1.29 is 0 Å². The van der Waals surface area contributed by atoms with Gasteiger partial charge in [-0.1, -0.05) is 36.3 Å². The van der Waals surface area contributed by atoms with Crippen LogP contribution in [0.5, 0.6) is 0 Å². The molecule has 3 nitrogen and oxygen atoms in total. The number of benzene rings is 2. The second-order valence-corrected chi connectivity index (χ2v) is 4.84. The fourth-order valence-corrected chi connectivity index (χ4v) is 2.51. The molecule has 3 aromatic rings. The summed E-state index contributed by atoms with van der Waals surface area (Å²) >= 11 is 1.17. The predicted molar refractivity (Wildman–Crippen MR) is 85.1 cm³/mol. The van der Waals surface area contributed by atoms with Crippen LogP contribution in [0.2, 0.25) is 0 Å². The summed E-state index contributed by atoms with van der Waals surface area (Å²) in [4.78, 5) is 0. The zero-order valence-corrected chi connectivity index (χ0v) is 11.4. The molecule has 0 aliphatic heterocycles. The molecule has 2 N–H and O–H groups in total. The number of terminal acetylenes is 1. The first-order valence-corrected chi connectivity index (χ1v) is 6.76. The second-order valence-electron chi connectivity index (χ2n) is 4.31. The third-order valence-corrected chi connectivity index (χ3v) is 3.52. The molecule has 0 radical (unpaired) electrons. The van der Waals surface area contributed by atoms with Crippen molar-refractivity contribution in [1.29, 1.82) is 0 Å². The highest BCUT2D eigenvalue weighted by atomic mass is 32.1. The number of hydrogen-bond donors (Lipinski definition) is 1. The molecule has 0 saturated heterocycles. The van der Waals surface area contributed by atoms with Crippen LogP contribution < -0.4 is 5.73 Å². The first-order valence-electron chi connectivity index (χ1n) is 6.03. The van der Waals surface area contributed by atoms with E-state index < -0.39 is 0 Å². The Morgan fingerprint density at radius 2 is 1.75 bits per heavy atom. The smallest absolute Gasteiger partial charge is 0.121 e. The summed E-state index contributed by atoms with van der Waals surface area (Å²) in [6, 6.07) is 11.6. The van der Waals surface area contributed by atoms with Gasteiger partial charge in [0.1, 0.15) is 11.0 Å². The fourth-order valence-electron chi connectivity index (χ4n) is 1.93. The van der Waals surface area contributed by atoms with Crippen molar-refractivity contribution in [3.05, 3.63) is 53.1 Å². The van der Waals surface area contributed by atoms with Gasteiger partial charge in [0.15, 0.2) is 0 Å². The lowest BCUT2D eigenvalue weighted by Gasteiger charge is -1.98. The van der Waals surface area contributed by atoms with Crippen molar-refractivity contribution in [3.8, 4) is 12.3 Å². The van der Waals surface area contributed by atoms with Crippen LogP contribution in [0.3, 0.4) is 0 Å². The van der Waals surface area contributed by atoms with Gasteiger partial charge in [0.05, 0.1) is 17.3 Å². The molecular weight excluding hydrogens is 266 g/mol. The molecule has 1 heterocycles. The number of fused-ring (bicyclic) bond motifs is 1. The fraction of sp³-hybridized carbons (Fsp3) is 0. The zero-order valence-electron chi connectivity index (χ0n) is 10.6. The largest absolute Gasteiger partial charge is 0.399 e. The van der Waals surface area contributed by atoms with Crippen molar-refractivity contribution >= 4 is 40.6 Å². The lowest BCUT2D eigenvalue weighted by atomic mass is 10.1. The van der Waals surface area contributed by atoms with Crippen LogP contribution >= 0.6 is 11.7 Å². The third kappa shape index (κ3) is 2.27. The average Bonchev–Trinajstić information content (AvgIpc) is 2.96. The summed E-state index contributed by atoms with van der Waals surface area (Å²) in [5, 5.41) is 0. The number of nitrogens with two attached hydrogens (primary N) is 1. The van der Waals surface area contributed by atoms with E-state index in [0.717, 1.165) is 33.4 Å². The van der Waals surface area contributed by atoms with Crippen molar-refractivity contribution in [2.75, 3.05) is 5.73 Å². The minimum absolute atomic E-state index is 0.756. The Labute approximate surface area is 121 Å². The molecule has 1 aromatic heterocycles. The number of nitrogen functional groups attached to an aromatic ring is 1. The van der Waals surface area contributed by atoms with E-state index in [4.69, 9.17) is 12.2 Å². The lowest BCUT2D eigenvalue weighted by molar-refractivity contribution is 1.59. The van der Waals surface area contributed by atoms with E-state index in [-0.39, 0.29) is 0 Å². The molecule has 0 spiro atoms. The Morgan fingerprint density at radius 3 is 2.50 bits per heavy atom. The molecule has 0 saturated carbocycles. The monoisotopic (exact) mass is 277 g/mol. The van der Waals surface area contributed by atoms with E-state index in [1.807, 2.05) is 48.6 Å². The van der Waals surface area contributed by atoms with E-state index >= 15 is 0 Å². The Hall–Kier alpha value is -2.64. The second kappa shape index (κ2) is 5.16. The first-order chi connectivity index (χ1) is 9.78. The molecule has 0 unspecified atom stereocenters. The maximum atomic E-state index is 5.67. The van der Waals surface area contributed by atoms with Crippen LogP contribution in [0, 0.1) is 12.3 Å². The molecule has 4 heteroatoms. The summed E-state index contributed by atoms with van der Waals surface area (Å²) in [6.45, 7) is 0. The van der Waals surface area contributed by atoms with Crippen molar-refractivity contribution in [1.82, 2.24) is 8.75 Å². The van der Waals surface area contributed by atoms with Crippen molar-refractivity contribution in [2.24, 2.45) is 0 Å². The van der Waals surface area contributed by atoms with Crippen LogP contribution in [0.15, 0.2) is 36.4 Å². The molecule has 96 valence electrons. The van der Waals surface area contributed by atoms with E-state index in [9.17, 15) is 0 Å². The Morgan fingerprint density at radius 1 is 1.00 bits per heavy atom.